The van der Waals surface area contributed by atoms with E-state index < -0.39 is 0 Å². The molecular weight excluding hydrogens is 401 g/mol. The number of hydrogen-bond acceptors (Lipinski definition) is 2. The number of ether oxygens (including phenoxy) is 1. The quantitative estimate of drug-likeness (QED) is 0.615. The Kier molecular flexibility index (Phi) is 6.21. The molecule has 0 spiro atoms. The molecule has 5 heteroatoms. The number of hydrogen-bond donors (Lipinski definition) is 1. The van der Waals surface area contributed by atoms with Crippen LogP contribution in [0, 0.1) is 5.82 Å². The Hall–Kier alpha value is -0.910. The first-order valence-corrected chi connectivity index (χ1v) is 8.31. The zero-order valence-corrected chi connectivity index (χ0v) is 14.8. The molecule has 0 aliphatic carbocycles. The summed E-state index contributed by atoms with van der Waals surface area (Å²) in [6.45, 7) is 3.95. The lowest BCUT2D eigenvalue weighted by molar-refractivity contribution is 0.479. The number of nitrogens with one attached hydrogen (secondary N) is 1. The van der Waals surface area contributed by atoms with Crippen molar-refractivity contribution in [3.8, 4) is 11.5 Å². The van der Waals surface area contributed by atoms with Gasteiger partial charge in [-0.3, -0.25) is 0 Å². The van der Waals surface area contributed by atoms with Crippen LogP contribution in [0.25, 0.3) is 0 Å². The molecule has 2 aromatic rings. The van der Waals surface area contributed by atoms with E-state index >= 15 is 0 Å². The largest absolute Gasteiger partial charge is 0.457 e. The molecule has 0 heterocycles. The van der Waals surface area contributed by atoms with E-state index in [0.29, 0.717) is 16.0 Å². The van der Waals surface area contributed by atoms with Crippen LogP contribution in [0.15, 0.2) is 45.3 Å². The first kappa shape index (κ1) is 16.5. The Balaban J connectivity index is 2.07. The normalized spacial score (nSPS) is 10.7. The Morgan fingerprint density at radius 1 is 1.05 bits per heavy atom. The third-order valence-corrected chi connectivity index (χ3v) is 4.24. The van der Waals surface area contributed by atoms with E-state index in [4.69, 9.17) is 4.74 Å². The van der Waals surface area contributed by atoms with Crippen molar-refractivity contribution in [2.45, 2.75) is 19.9 Å². The van der Waals surface area contributed by atoms with Crippen LogP contribution >= 0.6 is 31.9 Å². The summed E-state index contributed by atoms with van der Waals surface area (Å²) in [4.78, 5) is 0. The highest BCUT2D eigenvalue weighted by Crippen LogP contribution is 2.29. The summed E-state index contributed by atoms with van der Waals surface area (Å²) in [6.07, 6.45) is 1.11. The van der Waals surface area contributed by atoms with E-state index in [1.807, 2.05) is 18.2 Å². The van der Waals surface area contributed by atoms with E-state index in [9.17, 15) is 4.39 Å². The minimum atomic E-state index is -0.305. The number of rotatable bonds is 6. The van der Waals surface area contributed by atoms with Gasteiger partial charge < -0.3 is 10.1 Å². The van der Waals surface area contributed by atoms with Gasteiger partial charge in [-0.1, -0.05) is 28.9 Å². The van der Waals surface area contributed by atoms with Gasteiger partial charge in [0.1, 0.15) is 17.3 Å². The second kappa shape index (κ2) is 7.92. The maximum Gasteiger partial charge on any atom is 0.137 e. The smallest absolute Gasteiger partial charge is 0.137 e. The summed E-state index contributed by atoms with van der Waals surface area (Å²) in [5.74, 6) is 0.993. The molecule has 0 saturated heterocycles. The maximum absolute atomic E-state index is 13.2. The van der Waals surface area contributed by atoms with Crippen molar-refractivity contribution in [3.63, 3.8) is 0 Å². The Bertz CT molecular complexity index is 619. The van der Waals surface area contributed by atoms with Crippen molar-refractivity contribution < 1.29 is 9.13 Å². The van der Waals surface area contributed by atoms with E-state index in [1.165, 1.54) is 11.6 Å². The molecule has 0 bridgehead atoms. The predicted octanol–water partition coefficient (Wildman–Crippen LogP) is 5.64. The fourth-order valence-electron chi connectivity index (χ4n) is 1.81. The standard InChI is InChI=1S/C16H16Br2FNO/c1-2-7-20-10-11-3-4-12(8-14(11)17)21-13-5-6-16(19)15(18)9-13/h3-6,8-9,20H,2,7,10H2,1H3. The lowest BCUT2D eigenvalue weighted by atomic mass is 10.2. The van der Waals surface area contributed by atoms with Crippen molar-refractivity contribution in [1.82, 2.24) is 5.32 Å². The SMILES string of the molecule is CCCNCc1ccc(Oc2ccc(F)c(Br)c2)cc1Br. The van der Waals surface area contributed by atoms with Gasteiger partial charge in [0.2, 0.25) is 0 Å². The van der Waals surface area contributed by atoms with Gasteiger partial charge in [0.05, 0.1) is 4.47 Å². The number of halogens is 3. The molecule has 21 heavy (non-hydrogen) atoms. The first-order chi connectivity index (χ1) is 10.1. The van der Waals surface area contributed by atoms with E-state index in [1.54, 1.807) is 12.1 Å². The van der Waals surface area contributed by atoms with Gasteiger partial charge in [0, 0.05) is 11.0 Å². The molecular formula is C16H16Br2FNO. The van der Waals surface area contributed by atoms with Gasteiger partial charge in [-0.25, -0.2) is 4.39 Å². The van der Waals surface area contributed by atoms with Crippen LogP contribution in [0.2, 0.25) is 0 Å². The van der Waals surface area contributed by atoms with Gasteiger partial charge >= 0.3 is 0 Å². The van der Waals surface area contributed by atoms with Crippen LogP contribution in [0.4, 0.5) is 4.39 Å². The third-order valence-electron chi connectivity index (χ3n) is 2.89. The summed E-state index contributed by atoms with van der Waals surface area (Å²) in [7, 11) is 0. The predicted molar refractivity (Wildman–Crippen MR) is 90.3 cm³/mol. The molecule has 0 fully saturated rings. The molecule has 0 aromatic heterocycles. The Morgan fingerprint density at radius 2 is 1.71 bits per heavy atom. The molecule has 0 atom stereocenters. The number of benzene rings is 2. The van der Waals surface area contributed by atoms with Gasteiger partial charge in [-0.15, -0.1) is 0 Å². The third kappa shape index (κ3) is 4.80. The first-order valence-electron chi connectivity index (χ1n) is 6.72. The van der Waals surface area contributed by atoms with Crippen LogP contribution in [0.1, 0.15) is 18.9 Å². The van der Waals surface area contributed by atoms with E-state index in [0.717, 1.165) is 24.0 Å². The minimum absolute atomic E-state index is 0.305. The van der Waals surface area contributed by atoms with Gasteiger partial charge in [-0.05, 0) is 64.8 Å². The van der Waals surface area contributed by atoms with Crippen molar-refractivity contribution >= 4 is 31.9 Å². The lowest BCUT2D eigenvalue weighted by Crippen LogP contribution is -2.14. The van der Waals surface area contributed by atoms with Crippen molar-refractivity contribution in [1.29, 1.82) is 0 Å². The molecule has 112 valence electrons. The highest BCUT2D eigenvalue weighted by molar-refractivity contribution is 9.10. The molecule has 0 amide bonds. The molecule has 0 aliphatic rings. The zero-order chi connectivity index (χ0) is 15.2. The van der Waals surface area contributed by atoms with Gasteiger partial charge in [0.15, 0.2) is 0 Å². The molecule has 0 radical (unpaired) electrons. The van der Waals surface area contributed by atoms with Crippen molar-refractivity contribution in [2.24, 2.45) is 0 Å². The van der Waals surface area contributed by atoms with Crippen LogP contribution in [0.3, 0.4) is 0 Å². The van der Waals surface area contributed by atoms with Crippen molar-refractivity contribution in [2.75, 3.05) is 6.54 Å². The summed E-state index contributed by atoms with van der Waals surface area (Å²) < 4.78 is 20.3. The van der Waals surface area contributed by atoms with Gasteiger partial charge in [-0.2, -0.15) is 0 Å². The van der Waals surface area contributed by atoms with Gasteiger partial charge in [0.25, 0.3) is 0 Å². The highest BCUT2D eigenvalue weighted by atomic mass is 79.9. The monoisotopic (exact) mass is 415 g/mol. The lowest BCUT2D eigenvalue weighted by Gasteiger charge is -2.10. The Labute approximate surface area is 141 Å². The average molecular weight is 417 g/mol. The average Bonchev–Trinajstić information content (AvgIpc) is 2.45. The second-order valence-electron chi connectivity index (χ2n) is 4.61. The summed E-state index contributed by atoms with van der Waals surface area (Å²) in [6, 6.07) is 10.4. The summed E-state index contributed by atoms with van der Waals surface area (Å²) in [5, 5.41) is 3.36. The van der Waals surface area contributed by atoms with Crippen LogP contribution < -0.4 is 10.1 Å². The fourth-order valence-corrected chi connectivity index (χ4v) is 2.67. The minimum Gasteiger partial charge on any atom is -0.457 e. The molecule has 2 aromatic carbocycles. The topological polar surface area (TPSA) is 21.3 Å². The molecule has 1 N–H and O–H groups in total. The van der Waals surface area contributed by atoms with Crippen LogP contribution in [-0.2, 0) is 6.54 Å². The van der Waals surface area contributed by atoms with E-state index in [-0.39, 0.29) is 5.82 Å². The van der Waals surface area contributed by atoms with Crippen molar-refractivity contribution in [3.05, 3.63) is 56.7 Å². The van der Waals surface area contributed by atoms with E-state index in [2.05, 4.69) is 44.1 Å². The summed E-state index contributed by atoms with van der Waals surface area (Å²) in [5.41, 5.74) is 1.18. The zero-order valence-electron chi connectivity index (χ0n) is 11.6. The molecule has 2 rings (SSSR count). The highest BCUT2D eigenvalue weighted by Gasteiger charge is 2.05. The molecule has 0 saturated carbocycles. The fraction of sp³-hybridized carbons (Fsp3) is 0.250. The Morgan fingerprint density at radius 3 is 2.33 bits per heavy atom. The summed E-state index contributed by atoms with van der Waals surface area (Å²) >= 11 is 6.70. The van der Waals surface area contributed by atoms with Crippen LogP contribution in [-0.4, -0.2) is 6.54 Å². The molecule has 2 nitrogen and oxygen atoms in total. The maximum atomic E-state index is 13.2. The second-order valence-corrected chi connectivity index (χ2v) is 6.32. The molecule has 0 aliphatic heterocycles. The molecule has 0 unspecified atom stereocenters. The van der Waals surface area contributed by atoms with Crippen LogP contribution in [0.5, 0.6) is 11.5 Å².